The summed E-state index contributed by atoms with van der Waals surface area (Å²) < 4.78 is 7.19. The molecule has 0 bridgehead atoms. The second-order valence-electron chi connectivity index (χ2n) is 5.19. The molecule has 2 aromatic rings. The maximum absolute atomic E-state index is 5.11. The second-order valence-corrected chi connectivity index (χ2v) is 6.13. The Bertz CT molecular complexity index is 589. The van der Waals surface area contributed by atoms with Crippen molar-refractivity contribution in [3.63, 3.8) is 0 Å². The molecule has 1 aliphatic heterocycles. The van der Waals surface area contributed by atoms with E-state index in [2.05, 4.69) is 30.2 Å². The van der Waals surface area contributed by atoms with Crippen molar-refractivity contribution in [3.8, 4) is 0 Å². The first-order valence-corrected chi connectivity index (χ1v) is 8.30. The summed E-state index contributed by atoms with van der Waals surface area (Å²) in [6.07, 6.45) is 3.14. The van der Waals surface area contributed by atoms with E-state index < -0.39 is 0 Å². The van der Waals surface area contributed by atoms with Crippen molar-refractivity contribution < 1.29 is 4.52 Å². The molecule has 7 nitrogen and oxygen atoms in total. The van der Waals surface area contributed by atoms with Crippen LogP contribution in [-0.2, 0) is 19.2 Å². The summed E-state index contributed by atoms with van der Waals surface area (Å²) in [5.41, 5.74) is 0. The molecular weight excluding hydrogens is 288 g/mol. The maximum atomic E-state index is 5.11. The molecule has 1 aliphatic rings. The Kier molecular flexibility index (Phi) is 4.54. The van der Waals surface area contributed by atoms with Gasteiger partial charge in [0, 0.05) is 25.9 Å². The number of aromatic nitrogens is 5. The van der Waals surface area contributed by atoms with Crippen molar-refractivity contribution in [2.75, 3.05) is 13.1 Å². The summed E-state index contributed by atoms with van der Waals surface area (Å²) in [4.78, 5) is 4.30. The highest BCUT2D eigenvalue weighted by Gasteiger charge is 2.21. The van der Waals surface area contributed by atoms with Crippen molar-refractivity contribution in [1.82, 2.24) is 30.2 Å². The van der Waals surface area contributed by atoms with Gasteiger partial charge in [0.2, 0.25) is 5.89 Å². The van der Waals surface area contributed by atoms with Gasteiger partial charge in [0.25, 0.3) is 0 Å². The van der Waals surface area contributed by atoms with Crippen LogP contribution in [0.2, 0.25) is 0 Å². The molecule has 0 aromatic carbocycles. The van der Waals surface area contributed by atoms with E-state index in [-0.39, 0.29) is 0 Å². The fourth-order valence-electron chi connectivity index (χ4n) is 2.50. The average Bonchev–Trinajstić information content (AvgIpc) is 3.13. The zero-order valence-electron chi connectivity index (χ0n) is 12.4. The summed E-state index contributed by atoms with van der Waals surface area (Å²) >= 11 is 1.59. The smallest absolute Gasteiger partial charge is 0.226 e. The Labute approximate surface area is 127 Å². The second kappa shape index (κ2) is 6.57. The fraction of sp³-hybridized carbons (Fsp3) is 0.692. The summed E-state index contributed by atoms with van der Waals surface area (Å²) in [5, 5.41) is 16.9. The predicted octanol–water partition coefficient (Wildman–Crippen LogP) is 1.52. The molecule has 0 spiro atoms. The van der Waals surface area contributed by atoms with Crippen molar-refractivity contribution in [2.45, 2.75) is 43.0 Å². The fourth-order valence-corrected chi connectivity index (χ4v) is 3.26. The first-order valence-electron chi connectivity index (χ1n) is 7.32. The molecule has 3 heterocycles. The number of hydrogen-bond acceptors (Lipinski definition) is 7. The van der Waals surface area contributed by atoms with E-state index in [4.69, 9.17) is 4.52 Å². The van der Waals surface area contributed by atoms with Gasteiger partial charge >= 0.3 is 0 Å². The number of rotatable bonds is 5. The first-order chi connectivity index (χ1) is 10.3. The molecule has 0 unspecified atom stereocenters. The van der Waals surface area contributed by atoms with Crippen LogP contribution in [0.15, 0.2) is 9.68 Å². The summed E-state index contributed by atoms with van der Waals surface area (Å²) in [5.74, 6) is 3.56. The van der Waals surface area contributed by atoms with Crippen molar-refractivity contribution >= 4 is 11.8 Å². The predicted molar refractivity (Wildman–Crippen MR) is 79.1 cm³/mol. The zero-order chi connectivity index (χ0) is 14.7. The van der Waals surface area contributed by atoms with Gasteiger partial charge in [-0.3, -0.25) is 0 Å². The summed E-state index contributed by atoms with van der Waals surface area (Å²) in [7, 11) is 2.03. The van der Waals surface area contributed by atoms with E-state index in [1.54, 1.807) is 11.8 Å². The molecule has 21 heavy (non-hydrogen) atoms. The van der Waals surface area contributed by atoms with Crippen molar-refractivity contribution in [1.29, 1.82) is 0 Å². The Morgan fingerprint density at radius 2 is 2.33 bits per heavy atom. The minimum atomic E-state index is 0.461. The molecule has 114 valence electrons. The van der Waals surface area contributed by atoms with Crippen LogP contribution in [0.5, 0.6) is 0 Å². The molecule has 8 heteroatoms. The molecular formula is C13H20N6OS. The average molecular weight is 308 g/mol. The molecule has 1 atom stereocenters. The van der Waals surface area contributed by atoms with Gasteiger partial charge in [-0.15, -0.1) is 10.2 Å². The van der Waals surface area contributed by atoms with E-state index in [1.165, 1.54) is 12.8 Å². The number of hydrogen-bond donors (Lipinski definition) is 1. The third kappa shape index (κ3) is 3.26. The van der Waals surface area contributed by atoms with Crippen LogP contribution in [0.1, 0.15) is 43.2 Å². The topological polar surface area (TPSA) is 81.7 Å². The highest BCUT2D eigenvalue weighted by atomic mass is 32.2. The van der Waals surface area contributed by atoms with E-state index >= 15 is 0 Å². The van der Waals surface area contributed by atoms with Gasteiger partial charge < -0.3 is 14.4 Å². The maximum Gasteiger partial charge on any atom is 0.226 e. The van der Waals surface area contributed by atoms with Crippen LogP contribution in [0.3, 0.4) is 0 Å². The van der Waals surface area contributed by atoms with E-state index in [0.717, 1.165) is 30.5 Å². The van der Waals surface area contributed by atoms with Gasteiger partial charge in [0.1, 0.15) is 5.82 Å². The van der Waals surface area contributed by atoms with Crippen LogP contribution in [0.4, 0.5) is 0 Å². The molecule has 1 saturated heterocycles. The number of nitrogens with one attached hydrogen (secondary N) is 1. The molecule has 0 saturated carbocycles. The van der Waals surface area contributed by atoms with E-state index in [9.17, 15) is 0 Å². The van der Waals surface area contributed by atoms with E-state index in [1.807, 2.05) is 14.0 Å². The minimum Gasteiger partial charge on any atom is -0.339 e. The SMILES string of the molecule is CCc1nc(CSc2nnc([C@@H]3CCCNC3)n2C)no1. The third-order valence-electron chi connectivity index (χ3n) is 3.67. The van der Waals surface area contributed by atoms with Crippen LogP contribution >= 0.6 is 11.8 Å². The molecule has 0 radical (unpaired) electrons. The largest absolute Gasteiger partial charge is 0.339 e. The number of thioether (sulfide) groups is 1. The Balaban J connectivity index is 1.64. The van der Waals surface area contributed by atoms with Gasteiger partial charge in [-0.05, 0) is 19.4 Å². The monoisotopic (exact) mass is 308 g/mol. The summed E-state index contributed by atoms with van der Waals surface area (Å²) in [6, 6.07) is 0. The lowest BCUT2D eigenvalue weighted by atomic mass is 9.99. The molecule has 0 amide bonds. The molecule has 0 aliphatic carbocycles. The van der Waals surface area contributed by atoms with Gasteiger partial charge in [0.05, 0.1) is 5.75 Å². The number of nitrogens with zero attached hydrogens (tertiary/aromatic N) is 5. The standard InChI is InChI=1S/C13H20N6OS/c1-3-11-15-10(18-20-11)8-21-13-17-16-12(19(13)2)9-5-4-6-14-7-9/h9,14H,3-8H2,1-2H3/t9-/m1/s1. The van der Waals surface area contributed by atoms with Gasteiger partial charge in [-0.1, -0.05) is 23.8 Å². The minimum absolute atomic E-state index is 0.461. The highest BCUT2D eigenvalue weighted by molar-refractivity contribution is 7.98. The lowest BCUT2D eigenvalue weighted by Crippen LogP contribution is -2.29. The third-order valence-corrected chi connectivity index (χ3v) is 4.69. The van der Waals surface area contributed by atoms with Crippen LogP contribution in [-0.4, -0.2) is 38.0 Å². The van der Waals surface area contributed by atoms with Crippen LogP contribution in [0, 0.1) is 0 Å². The lowest BCUT2D eigenvalue weighted by Gasteiger charge is -2.21. The molecule has 3 rings (SSSR count). The van der Waals surface area contributed by atoms with Crippen LogP contribution < -0.4 is 5.32 Å². The van der Waals surface area contributed by atoms with E-state index in [0.29, 0.717) is 23.4 Å². The first kappa shape index (κ1) is 14.5. The highest BCUT2D eigenvalue weighted by Crippen LogP contribution is 2.26. The Morgan fingerprint density at radius 3 is 3.05 bits per heavy atom. The van der Waals surface area contributed by atoms with Gasteiger partial charge in [-0.25, -0.2) is 0 Å². The molecule has 1 N–H and O–H groups in total. The van der Waals surface area contributed by atoms with Gasteiger partial charge in [0.15, 0.2) is 11.0 Å². The summed E-state index contributed by atoms with van der Waals surface area (Å²) in [6.45, 7) is 4.09. The Hall–Kier alpha value is -1.41. The van der Waals surface area contributed by atoms with Gasteiger partial charge in [-0.2, -0.15) is 4.98 Å². The van der Waals surface area contributed by atoms with Crippen molar-refractivity contribution in [2.24, 2.45) is 7.05 Å². The lowest BCUT2D eigenvalue weighted by molar-refractivity contribution is 0.378. The normalized spacial score (nSPS) is 19.0. The molecule has 1 fully saturated rings. The zero-order valence-corrected chi connectivity index (χ0v) is 13.2. The quantitative estimate of drug-likeness (QED) is 0.839. The molecule has 2 aromatic heterocycles. The Morgan fingerprint density at radius 1 is 1.43 bits per heavy atom. The number of aryl methyl sites for hydroxylation is 1. The van der Waals surface area contributed by atoms with Crippen LogP contribution in [0.25, 0.3) is 0 Å². The number of piperidine rings is 1. The van der Waals surface area contributed by atoms with Crippen molar-refractivity contribution in [3.05, 3.63) is 17.5 Å².